The lowest BCUT2D eigenvalue weighted by Crippen LogP contribution is -2.22. The summed E-state index contributed by atoms with van der Waals surface area (Å²) >= 11 is 1.74. The average Bonchev–Trinajstić information content (AvgIpc) is 3.21. The number of carboxylic acids is 1. The number of nitrogens with zero attached hydrogens (tertiary/aromatic N) is 1. The van der Waals surface area contributed by atoms with E-state index in [1.807, 2.05) is 30.3 Å². The molecule has 0 spiro atoms. The second-order valence-electron chi connectivity index (χ2n) is 6.48. The minimum Gasteiger partial charge on any atom is -0.482 e. The van der Waals surface area contributed by atoms with Crippen LogP contribution in [-0.4, -0.2) is 29.6 Å². The molecule has 4 nitrogen and oxygen atoms in total. The molecular formula is C22H23NO3S. The van der Waals surface area contributed by atoms with Crippen molar-refractivity contribution in [1.82, 2.24) is 4.90 Å². The summed E-state index contributed by atoms with van der Waals surface area (Å²) in [6.07, 6.45) is 0. The SMILES string of the molecule is C[C@@H](c1cccs1)N(C)Cc1cc(-c2ccccc2)ccc1OCC(=O)O. The summed E-state index contributed by atoms with van der Waals surface area (Å²) in [5.74, 6) is -0.365. The number of carbonyl (C=O) groups is 1. The molecule has 0 aliphatic heterocycles. The van der Waals surface area contributed by atoms with Gasteiger partial charge in [-0.25, -0.2) is 4.79 Å². The first kappa shape index (κ1) is 19.1. The predicted octanol–water partition coefficient (Wildman–Crippen LogP) is 5.07. The standard InChI is InChI=1S/C22H23NO3S/c1-16(21-9-6-12-27-21)23(2)14-19-13-18(17-7-4-3-5-8-17)10-11-20(19)26-15-22(24)25/h3-13,16H,14-15H2,1-2H3,(H,24,25)/t16-/m0/s1. The Morgan fingerprint density at radius 2 is 1.89 bits per heavy atom. The van der Waals surface area contributed by atoms with Crippen LogP contribution in [0.1, 0.15) is 23.4 Å². The fourth-order valence-corrected chi connectivity index (χ4v) is 3.79. The van der Waals surface area contributed by atoms with Gasteiger partial charge >= 0.3 is 5.97 Å². The first-order valence-electron chi connectivity index (χ1n) is 8.81. The van der Waals surface area contributed by atoms with Gasteiger partial charge in [-0.2, -0.15) is 0 Å². The van der Waals surface area contributed by atoms with Gasteiger partial charge in [0.2, 0.25) is 0 Å². The van der Waals surface area contributed by atoms with E-state index in [-0.39, 0.29) is 12.6 Å². The Kier molecular flexibility index (Phi) is 6.27. The van der Waals surface area contributed by atoms with E-state index in [0.29, 0.717) is 12.3 Å². The van der Waals surface area contributed by atoms with Gasteiger partial charge in [-0.1, -0.05) is 42.5 Å². The molecule has 2 aromatic carbocycles. The zero-order chi connectivity index (χ0) is 19.2. The van der Waals surface area contributed by atoms with Crippen LogP contribution in [0, 0.1) is 0 Å². The number of aliphatic carboxylic acids is 1. The van der Waals surface area contributed by atoms with Crippen LogP contribution in [0.4, 0.5) is 0 Å². The average molecular weight is 381 g/mol. The van der Waals surface area contributed by atoms with E-state index in [9.17, 15) is 4.79 Å². The lowest BCUT2D eigenvalue weighted by molar-refractivity contribution is -0.139. The lowest BCUT2D eigenvalue weighted by Gasteiger charge is -2.25. The minimum atomic E-state index is -0.978. The van der Waals surface area contributed by atoms with Crippen molar-refractivity contribution in [2.24, 2.45) is 0 Å². The molecule has 1 aromatic heterocycles. The third-order valence-electron chi connectivity index (χ3n) is 4.55. The molecule has 0 saturated carbocycles. The largest absolute Gasteiger partial charge is 0.482 e. The molecule has 1 N–H and O–H groups in total. The van der Waals surface area contributed by atoms with E-state index in [1.54, 1.807) is 11.3 Å². The third-order valence-corrected chi connectivity index (χ3v) is 5.60. The molecule has 1 heterocycles. The third kappa shape index (κ3) is 4.96. The van der Waals surface area contributed by atoms with E-state index in [0.717, 1.165) is 16.7 Å². The molecule has 1 atom stereocenters. The van der Waals surface area contributed by atoms with Crippen molar-refractivity contribution in [2.75, 3.05) is 13.7 Å². The maximum absolute atomic E-state index is 10.9. The maximum atomic E-state index is 10.9. The van der Waals surface area contributed by atoms with Crippen LogP contribution in [-0.2, 0) is 11.3 Å². The molecule has 140 valence electrons. The highest BCUT2D eigenvalue weighted by molar-refractivity contribution is 7.10. The Morgan fingerprint density at radius 3 is 2.56 bits per heavy atom. The van der Waals surface area contributed by atoms with Crippen LogP contribution in [0.15, 0.2) is 66.0 Å². The minimum absolute atomic E-state index is 0.262. The van der Waals surface area contributed by atoms with E-state index in [2.05, 4.69) is 54.6 Å². The van der Waals surface area contributed by atoms with Gasteiger partial charge in [0.15, 0.2) is 6.61 Å². The fraction of sp³-hybridized carbons (Fsp3) is 0.227. The molecule has 0 fully saturated rings. The Balaban J connectivity index is 1.87. The van der Waals surface area contributed by atoms with Gasteiger partial charge in [0.05, 0.1) is 0 Å². The van der Waals surface area contributed by atoms with Gasteiger partial charge in [-0.05, 0) is 48.7 Å². The highest BCUT2D eigenvalue weighted by Gasteiger charge is 2.16. The summed E-state index contributed by atoms with van der Waals surface area (Å²) in [5.41, 5.74) is 3.19. The summed E-state index contributed by atoms with van der Waals surface area (Å²) in [4.78, 5) is 14.5. The van der Waals surface area contributed by atoms with Crippen molar-refractivity contribution in [2.45, 2.75) is 19.5 Å². The monoisotopic (exact) mass is 381 g/mol. The molecule has 5 heteroatoms. The van der Waals surface area contributed by atoms with E-state index >= 15 is 0 Å². The second kappa shape index (κ2) is 8.84. The van der Waals surface area contributed by atoms with Gasteiger partial charge in [-0.3, -0.25) is 4.90 Å². The predicted molar refractivity (Wildman–Crippen MR) is 109 cm³/mol. The lowest BCUT2D eigenvalue weighted by atomic mass is 10.0. The summed E-state index contributed by atoms with van der Waals surface area (Å²) in [6, 6.07) is 20.5. The van der Waals surface area contributed by atoms with E-state index < -0.39 is 5.97 Å². The van der Waals surface area contributed by atoms with Gasteiger partial charge in [0, 0.05) is 23.0 Å². The smallest absolute Gasteiger partial charge is 0.341 e. The topological polar surface area (TPSA) is 49.8 Å². The number of rotatable bonds is 8. The Labute approximate surface area is 163 Å². The number of ether oxygens (including phenoxy) is 1. The molecule has 0 saturated heterocycles. The molecule has 0 aliphatic rings. The molecule has 0 amide bonds. The van der Waals surface area contributed by atoms with Crippen molar-refractivity contribution < 1.29 is 14.6 Å². The maximum Gasteiger partial charge on any atom is 0.341 e. The van der Waals surface area contributed by atoms with E-state index in [1.165, 1.54) is 4.88 Å². The number of carboxylic acid groups (broad SMARTS) is 1. The Bertz CT molecular complexity index is 878. The van der Waals surface area contributed by atoms with Crippen LogP contribution < -0.4 is 4.74 Å². The highest BCUT2D eigenvalue weighted by atomic mass is 32.1. The Hall–Kier alpha value is -2.63. The zero-order valence-electron chi connectivity index (χ0n) is 15.5. The van der Waals surface area contributed by atoms with Crippen LogP contribution in [0.5, 0.6) is 5.75 Å². The van der Waals surface area contributed by atoms with Crippen LogP contribution in [0.3, 0.4) is 0 Å². The summed E-state index contributed by atoms with van der Waals surface area (Å²) in [7, 11) is 2.07. The molecule has 3 rings (SSSR count). The van der Waals surface area contributed by atoms with Crippen molar-refractivity contribution in [1.29, 1.82) is 0 Å². The van der Waals surface area contributed by atoms with Crippen molar-refractivity contribution >= 4 is 17.3 Å². The molecule has 0 radical (unpaired) electrons. The fourth-order valence-electron chi connectivity index (χ4n) is 2.95. The number of hydrogen-bond donors (Lipinski definition) is 1. The molecule has 0 aliphatic carbocycles. The van der Waals surface area contributed by atoms with E-state index in [4.69, 9.17) is 9.84 Å². The quantitative estimate of drug-likeness (QED) is 0.592. The zero-order valence-corrected chi connectivity index (χ0v) is 16.3. The first-order valence-corrected chi connectivity index (χ1v) is 9.69. The number of hydrogen-bond acceptors (Lipinski definition) is 4. The normalized spacial score (nSPS) is 12.1. The van der Waals surface area contributed by atoms with Gasteiger partial charge in [0.1, 0.15) is 5.75 Å². The molecular weight excluding hydrogens is 358 g/mol. The highest BCUT2D eigenvalue weighted by Crippen LogP contribution is 2.30. The van der Waals surface area contributed by atoms with Crippen molar-refractivity contribution in [3.8, 4) is 16.9 Å². The van der Waals surface area contributed by atoms with Gasteiger partial charge < -0.3 is 9.84 Å². The number of thiophene rings is 1. The second-order valence-corrected chi connectivity index (χ2v) is 7.46. The van der Waals surface area contributed by atoms with Gasteiger partial charge in [0.25, 0.3) is 0 Å². The first-order chi connectivity index (χ1) is 13.0. The Morgan fingerprint density at radius 1 is 1.11 bits per heavy atom. The van der Waals surface area contributed by atoms with Crippen LogP contribution >= 0.6 is 11.3 Å². The molecule has 3 aromatic rings. The van der Waals surface area contributed by atoms with Crippen molar-refractivity contribution in [3.63, 3.8) is 0 Å². The molecule has 27 heavy (non-hydrogen) atoms. The summed E-state index contributed by atoms with van der Waals surface area (Å²) in [6.45, 7) is 2.49. The summed E-state index contributed by atoms with van der Waals surface area (Å²) < 4.78 is 5.54. The van der Waals surface area contributed by atoms with Gasteiger partial charge in [-0.15, -0.1) is 11.3 Å². The number of benzene rings is 2. The molecule has 0 bridgehead atoms. The summed E-state index contributed by atoms with van der Waals surface area (Å²) in [5, 5.41) is 11.0. The van der Waals surface area contributed by atoms with Crippen LogP contribution in [0.25, 0.3) is 11.1 Å². The van der Waals surface area contributed by atoms with Crippen molar-refractivity contribution in [3.05, 3.63) is 76.5 Å². The molecule has 0 unspecified atom stereocenters. The van der Waals surface area contributed by atoms with Crippen LogP contribution in [0.2, 0.25) is 0 Å².